The van der Waals surface area contributed by atoms with Gasteiger partial charge in [0.05, 0.1) is 29.4 Å². The van der Waals surface area contributed by atoms with Crippen LogP contribution in [0.2, 0.25) is 0 Å². The van der Waals surface area contributed by atoms with Gasteiger partial charge in [0.2, 0.25) is 0 Å². The van der Waals surface area contributed by atoms with E-state index < -0.39 is 0 Å². The van der Waals surface area contributed by atoms with Crippen molar-refractivity contribution in [1.29, 1.82) is 0 Å². The summed E-state index contributed by atoms with van der Waals surface area (Å²) in [5, 5.41) is 3.23. The van der Waals surface area contributed by atoms with Crippen molar-refractivity contribution in [3.05, 3.63) is 94.9 Å². The third-order valence-corrected chi connectivity index (χ3v) is 4.06. The number of nitrogens with one attached hydrogen (secondary N) is 1. The molecule has 6 nitrogen and oxygen atoms in total. The summed E-state index contributed by atoms with van der Waals surface area (Å²) in [4.78, 5) is 29.3. The van der Waals surface area contributed by atoms with Crippen LogP contribution in [-0.2, 0) is 6.54 Å². The van der Waals surface area contributed by atoms with Crippen molar-refractivity contribution in [2.24, 2.45) is 0 Å². The first-order chi connectivity index (χ1) is 12.7. The molecule has 1 N–H and O–H groups in total. The van der Waals surface area contributed by atoms with Crippen LogP contribution in [0.1, 0.15) is 16.1 Å². The molecule has 0 spiro atoms. The van der Waals surface area contributed by atoms with Crippen LogP contribution in [0.5, 0.6) is 0 Å². The Labute approximate surface area is 148 Å². The number of fused-ring (bicyclic) bond motifs is 1. The molecule has 2 heterocycles. The van der Waals surface area contributed by atoms with Crippen LogP contribution in [0.3, 0.4) is 0 Å². The van der Waals surface area contributed by atoms with Gasteiger partial charge in [-0.25, -0.2) is 4.98 Å². The van der Waals surface area contributed by atoms with Crippen LogP contribution in [0.25, 0.3) is 16.6 Å². The highest BCUT2D eigenvalue weighted by Crippen LogP contribution is 2.12. The molecule has 6 heteroatoms. The lowest BCUT2D eigenvalue weighted by atomic mass is 10.1. The molecule has 26 heavy (non-hydrogen) atoms. The van der Waals surface area contributed by atoms with E-state index in [1.807, 2.05) is 30.3 Å². The zero-order valence-corrected chi connectivity index (χ0v) is 13.8. The molecule has 0 aliphatic carbocycles. The van der Waals surface area contributed by atoms with Crippen LogP contribution in [0.15, 0.2) is 82.5 Å². The van der Waals surface area contributed by atoms with E-state index in [0.717, 1.165) is 5.69 Å². The number of para-hydroxylation sites is 1. The van der Waals surface area contributed by atoms with Crippen LogP contribution < -0.4 is 10.9 Å². The molecule has 0 unspecified atom stereocenters. The summed E-state index contributed by atoms with van der Waals surface area (Å²) in [6.07, 6.45) is 3.03. The standard InChI is InChI=1S/C20H15N3O3/c24-19(21-12-16-7-4-10-26-16)14-8-9-17-18(11-14)22-13-23(20(17)25)15-5-2-1-3-6-15/h1-11,13H,12H2,(H,21,24). The fraction of sp³-hybridized carbons (Fsp3) is 0.0500. The van der Waals surface area contributed by atoms with E-state index >= 15 is 0 Å². The SMILES string of the molecule is O=C(NCc1ccco1)c1ccc2c(=O)n(-c3ccccc3)cnc2c1. The van der Waals surface area contributed by atoms with Crippen LogP contribution >= 0.6 is 0 Å². The summed E-state index contributed by atoms with van der Waals surface area (Å²) in [7, 11) is 0. The molecule has 0 saturated carbocycles. The van der Waals surface area contributed by atoms with Gasteiger partial charge >= 0.3 is 0 Å². The first kappa shape index (κ1) is 15.8. The molecule has 2 aromatic heterocycles. The van der Waals surface area contributed by atoms with Crippen molar-refractivity contribution in [1.82, 2.24) is 14.9 Å². The highest BCUT2D eigenvalue weighted by molar-refractivity contribution is 5.97. The molecule has 0 radical (unpaired) electrons. The highest BCUT2D eigenvalue weighted by Gasteiger charge is 2.11. The Bertz CT molecular complexity index is 1120. The van der Waals surface area contributed by atoms with Crippen molar-refractivity contribution in [2.75, 3.05) is 0 Å². The Morgan fingerprint density at radius 3 is 2.69 bits per heavy atom. The minimum atomic E-state index is -0.252. The van der Waals surface area contributed by atoms with Gasteiger partial charge in [-0.2, -0.15) is 0 Å². The average Bonchev–Trinajstić information content (AvgIpc) is 3.20. The van der Waals surface area contributed by atoms with Gasteiger partial charge in [-0.3, -0.25) is 14.2 Å². The fourth-order valence-corrected chi connectivity index (χ4v) is 2.72. The molecule has 0 bridgehead atoms. The van der Waals surface area contributed by atoms with E-state index in [2.05, 4.69) is 10.3 Å². The number of rotatable bonds is 4. The maximum Gasteiger partial charge on any atom is 0.265 e. The maximum absolute atomic E-state index is 12.7. The minimum Gasteiger partial charge on any atom is -0.467 e. The second-order valence-electron chi connectivity index (χ2n) is 5.75. The number of hydrogen-bond donors (Lipinski definition) is 1. The van der Waals surface area contributed by atoms with Gasteiger partial charge in [-0.15, -0.1) is 0 Å². The topological polar surface area (TPSA) is 77.1 Å². The van der Waals surface area contributed by atoms with Gasteiger partial charge in [0.1, 0.15) is 12.1 Å². The molecule has 0 aliphatic rings. The first-order valence-corrected chi connectivity index (χ1v) is 8.10. The second-order valence-corrected chi connectivity index (χ2v) is 5.75. The Balaban J connectivity index is 1.64. The molecule has 4 rings (SSSR count). The van der Waals surface area contributed by atoms with E-state index in [-0.39, 0.29) is 11.5 Å². The van der Waals surface area contributed by atoms with Crippen molar-refractivity contribution >= 4 is 16.8 Å². The number of carbonyl (C=O) groups is 1. The summed E-state index contributed by atoms with van der Waals surface area (Å²) < 4.78 is 6.67. The number of furan rings is 1. The highest BCUT2D eigenvalue weighted by atomic mass is 16.3. The second kappa shape index (κ2) is 6.68. The molecule has 4 aromatic rings. The molecule has 128 valence electrons. The summed E-state index contributed by atoms with van der Waals surface area (Å²) >= 11 is 0. The lowest BCUT2D eigenvalue weighted by Gasteiger charge is -2.08. The lowest BCUT2D eigenvalue weighted by molar-refractivity contribution is 0.0948. The van der Waals surface area contributed by atoms with Crippen LogP contribution in [0.4, 0.5) is 0 Å². The van der Waals surface area contributed by atoms with Gasteiger partial charge in [-0.1, -0.05) is 18.2 Å². The molecule has 0 fully saturated rings. The van der Waals surface area contributed by atoms with Crippen LogP contribution in [-0.4, -0.2) is 15.5 Å². The number of aromatic nitrogens is 2. The molecule has 1 amide bonds. The van der Waals surface area contributed by atoms with E-state index in [1.165, 1.54) is 10.9 Å². The number of hydrogen-bond acceptors (Lipinski definition) is 4. The van der Waals surface area contributed by atoms with Crippen molar-refractivity contribution in [3.63, 3.8) is 0 Å². The van der Waals surface area contributed by atoms with Gasteiger partial charge in [0, 0.05) is 5.56 Å². The normalized spacial score (nSPS) is 10.8. The first-order valence-electron chi connectivity index (χ1n) is 8.10. The summed E-state index contributed by atoms with van der Waals surface area (Å²) in [5.74, 6) is 0.417. The molecule has 0 aliphatic heterocycles. The third-order valence-electron chi connectivity index (χ3n) is 4.06. The smallest absolute Gasteiger partial charge is 0.265 e. The zero-order chi connectivity index (χ0) is 17.9. The number of nitrogens with zero attached hydrogens (tertiary/aromatic N) is 2. The monoisotopic (exact) mass is 345 g/mol. The van der Waals surface area contributed by atoms with E-state index in [9.17, 15) is 9.59 Å². The molecule has 0 saturated heterocycles. The average molecular weight is 345 g/mol. The molecular formula is C20H15N3O3. The largest absolute Gasteiger partial charge is 0.467 e. The summed E-state index contributed by atoms with van der Waals surface area (Å²) in [6.45, 7) is 0.299. The summed E-state index contributed by atoms with van der Waals surface area (Å²) in [5.41, 5.74) is 1.48. The van der Waals surface area contributed by atoms with Gasteiger partial charge in [-0.05, 0) is 42.5 Å². The third kappa shape index (κ3) is 3.00. The van der Waals surface area contributed by atoms with Crippen molar-refractivity contribution in [3.8, 4) is 5.69 Å². The van der Waals surface area contributed by atoms with Gasteiger partial charge in [0.25, 0.3) is 11.5 Å². The Hall–Kier alpha value is -3.67. The molecule has 2 aromatic carbocycles. The number of benzene rings is 2. The Morgan fingerprint density at radius 1 is 1.08 bits per heavy atom. The quantitative estimate of drug-likeness (QED) is 0.617. The van der Waals surface area contributed by atoms with E-state index in [0.29, 0.717) is 28.8 Å². The van der Waals surface area contributed by atoms with Gasteiger partial charge in [0.15, 0.2) is 0 Å². The minimum absolute atomic E-state index is 0.177. The lowest BCUT2D eigenvalue weighted by Crippen LogP contribution is -2.23. The predicted octanol–water partition coefficient (Wildman–Crippen LogP) is 2.91. The Morgan fingerprint density at radius 2 is 1.92 bits per heavy atom. The van der Waals surface area contributed by atoms with Crippen LogP contribution in [0, 0.1) is 0 Å². The van der Waals surface area contributed by atoms with E-state index in [4.69, 9.17) is 4.42 Å². The van der Waals surface area contributed by atoms with Crippen molar-refractivity contribution in [2.45, 2.75) is 6.54 Å². The van der Waals surface area contributed by atoms with Gasteiger partial charge < -0.3 is 9.73 Å². The Kier molecular flexibility index (Phi) is 4.07. The maximum atomic E-state index is 12.7. The number of amides is 1. The molecule has 0 atom stereocenters. The summed E-state index contributed by atoms with van der Waals surface area (Å²) in [6, 6.07) is 17.7. The number of carbonyl (C=O) groups excluding carboxylic acids is 1. The predicted molar refractivity (Wildman–Crippen MR) is 97.2 cm³/mol. The molecular weight excluding hydrogens is 330 g/mol. The van der Waals surface area contributed by atoms with Crippen molar-refractivity contribution < 1.29 is 9.21 Å². The zero-order valence-electron chi connectivity index (χ0n) is 13.8. The van der Waals surface area contributed by atoms with E-state index in [1.54, 1.807) is 36.6 Å². The fourth-order valence-electron chi connectivity index (χ4n) is 2.72.